The van der Waals surface area contributed by atoms with E-state index in [4.69, 9.17) is 13.9 Å². The summed E-state index contributed by atoms with van der Waals surface area (Å²) in [4.78, 5) is 20.2. The smallest absolute Gasteiger partial charge is 0.229 e. The standard InChI is InChI=1S/C27H26N2O4S/c1-17-9-10-22(33-17)27-28-20(16-34-27)14-25(30)29-12-11-19-13-23(31-2)24(32-3)15-21(19)26(29)18-7-5-4-6-8-18/h4-10,13,15-16,26H,11-12,14H2,1-3H3. The summed E-state index contributed by atoms with van der Waals surface area (Å²) in [6, 6.07) is 17.8. The highest BCUT2D eigenvalue weighted by atomic mass is 32.1. The molecule has 3 heterocycles. The third-order valence-corrected chi connectivity index (χ3v) is 7.05. The van der Waals surface area contributed by atoms with Gasteiger partial charge in [0.15, 0.2) is 22.3 Å². The van der Waals surface area contributed by atoms with Crippen LogP contribution in [0, 0.1) is 6.92 Å². The Kier molecular flexibility index (Phi) is 6.11. The molecule has 0 aliphatic carbocycles. The number of aryl methyl sites for hydroxylation is 1. The Balaban J connectivity index is 1.47. The molecule has 0 fully saturated rings. The molecule has 1 atom stereocenters. The van der Waals surface area contributed by atoms with Gasteiger partial charge in [-0.25, -0.2) is 4.98 Å². The van der Waals surface area contributed by atoms with Gasteiger partial charge < -0.3 is 18.8 Å². The fourth-order valence-electron chi connectivity index (χ4n) is 4.52. The van der Waals surface area contributed by atoms with Crippen molar-refractivity contribution in [2.75, 3.05) is 20.8 Å². The molecule has 174 valence electrons. The molecule has 0 saturated heterocycles. The Hall–Kier alpha value is -3.58. The van der Waals surface area contributed by atoms with E-state index in [2.05, 4.69) is 17.1 Å². The molecule has 0 saturated carbocycles. The highest BCUT2D eigenvalue weighted by Crippen LogP contribution is 2.41. The second kappa shape index (κ2) is 9.35. The molecular weight excluding hydrogens is 448 g/mol. The first kappa shape index (κ1) is 22.2. The number of aromatic nitrogens is 1. The number of rotatable bonds is 6. The molecule has 0 spiro atoms. The molecule has 1 amide bonds. The maximum absolute atomic E-state index is 13.6. The van der Waals surface area contributed by atoms with E-state index < -0.39 is 0 Å². The molecule has 5 rings (SSSR count). The number of thiazole rings is 1. The van der Waals surface area contributed by atoms with E-state index in [1.54, 1.807) is 14.2 Å². The zero-order valence-electron chi connectivity index (χ0n) is 19.4. The lowest BCUT2D eigenvalue weighted by Gasteiger charge is -2.38. The molecule has 1 aliphatic rings. The van der Waals surface area contributed by atoms with Gasteiger partial charge in [0, 0.05) is 11.9 Å². The fraction of sp³-hybridized carbons (Fsp3) is 0.259. The van der Waals surface area contributed by atoms with Crippen LogP contribution in [0.1, 0.15) is 34.2 Å². The summed E-state index contributed by atoms with van der Waals surface area (Å²) in [5.74, 6) is 2.98. The largest absolute Gasteiger partial charge is 0.493 e. The van der Waals surface area contributed by atoms with Crippen molar-refractivity contribution in [1.29, 1.82) is 0 Å². The van der Waals surface area contributed by atoms with Gasteiger partial charge in [0.05, 0.1) is 32.4 Å². The number of carbonyl (C=O) groups is 1. The number of hydrogen-bond donors (Lipinski definition) is 0. The van der Waals surface area contributed by atoms with E-state index in [0.717, 1.165) is 39.8 Å². The second-order valence-corrected chi connectivity index (χ2v) is 9.15. The molecule has 0 N–H and O–H groups in total. The Morgan fingerprint density at radius 3 is 2.59 bits per heavy atom. The summed E-state index contributed by atoms with van der Waals surface area (Å²) < 4.78 is 16.8. The highest BCUT2D eigenvalue weighted by molar-refractivity contribution is 7.13. The Morgan fingerprint density at radius 1 is 1.12 bits per heavy atom. The summed E-state index contributed by atoms with van der Waals surface area (Å²) in [7, 11) is 3.28. The zero-order chi connectivity index (χ0) is 23.7. The van der Waals surface area contributed by atoms with Gasteiger partial charge in [0.1, 0.15) is 5.76 Å². The first-order valence-electron chi connectivity index (χ1n) is 11.2. The van der Waals surface area contributed by atoms with E-state index in [1.807, 2.05) is 59.7 Å². The summed E-state index contributed by atoms with van der Waals surface area (Å²) in [6.45, 7) is 2.53. The molecule has 2 aromatic heterocycles. The van der Waals surface area contributed by atoms with Crippen molar-refractivity contribution in [1.82, 2.24) is 9.88 Å². The van der Waals surface area contributed by atoms with Crippen LogP contribution in [0.25, 0.3) is 10.8 Å². The first-order valence-corrected chi connectivity index (χ1v) is 12.1. The van der Waals surface area contributed by atoms with Crippen LogP contribution in [-0.4, -0.2) is 36.6 Å². The molecular formula is C27H26N2O4S. The number of nitrogens with zero attached hydrogens (tertiary/aromatic N) is 2. The fourth-order valence-corrected chi connectivity index (χ4v) is 5.30. The quantitative estimate of drug-likeness (QED) is 0.372. The van der Waals surface area contributed by atoms with Gasteiger partial charge >= 0.3 is 0 Å². The minimum absolute atomic E-state index is 0.0433. The number of methoxy groups -OCH3 is 2. The van der Waals surface area contributed by atoms with Crippen LogP contribution in [-0.2, 0) is 17.6 Å². The maximum Gasteiger partial charge on any atom is 0.229 e. The Morgan fingerprint density at radius 2 is 1.88 bits per heavy atom. The third-order valence-electron chi connectivity index (χ3n) is 6.14. The predicted octanol–water partition coefficient (Wildman–Crippen LogP) is 5.45. The average molecular weight is 475 g/mol. The zero-order valence-corrected chi connectivity index (χ0v) is 20.2. The number of fused-ring (bicyclic) bond motifs is 1. The van der Waals surface area contributed by atoms with Crippen molar-refractivity contribution in [2.45, 2.75) is 25.8 Å². The van der Waals surface area contributed by atoms with Gasteiger partial charge in [-0.05, 0) is 54.3 Å². The predicted molar refractivity (Wildman–Crippen MR) is 132 cm³/mol. The second-order valence-electron chi connectivity index (χ2n) is 8.29. The van der Waals surface area contributed by atoms with Gasteiger partial charge in [-0.3, -0.25) is 4.79 Å². The van der Waals surface area contributed by atoms with Crippen LogP contribution in [0.5, 0.6) is 11.5 Å². The van der Waals surface area contributed by atoms with Crippen LogP contribution in [0.15, 0.2) is 64.4 Å². The summed E-state index contributed by atoms with van der Waals surface area (Å²) in [5, 5.41) is 2.73. The van der Waals surface area contributed by atoms with Gasteiger partial charge in [-0.1, -0.05) is 30.3 Å². The van der Waals surface area contributed by atoms with Crippen LogP contribution in [0.4, 0.5) is 0 Å². The molecule has 34 heavy (non-hydrogen) atoms. The van der Waals surface area contributed by atoms with E-state index in [1.165, 1.54) is 16.9 Å². The number of furan rings is 1. The van der Waals surface area contributed by atoms with Crippen molar-refractivity contribution in [3.05, 3.63) is 88.1 Å². The van der Waals surface area contributed by atoms with Crippen molar-refractivity contribution < 1.29 is 18.7 Å². The normalized spacial score (nSPS) is 15.1. The number of amides is 1. The summed E-state index contributed by atoms with van der Waals surface area (Å²) in [5.41, 5.74) is 4.05. The summed E-state index contributed by atoms with van der Waals surface area (Å²) >= 11 is 1.49. The summed E-state index contributed by atoms with van der Waals surface area (Å²) in [6.07, 6.45) is 0.987. The first-order chi connectivity index (χ1) is 16.6. The Labute approximate surface area is 202 Å². The SMILES string of the molecule is COc1cc2c(cc1OC)C(c1ccccc1)N(C(=O)Cc1csc(-c3ccc(C)o3)n1)CC2. The molecule has 0 radical (unpaired) electrons. The molecule has 6 nitrogen and oxygen atoms in total. The van der Waals surface area contributed by atoms with Crippen LogP contribution in [0.3, 0.4) is 0 Å². The monoisotopic (exact) mass is 474 g/mol. The maximum atomic E-state index is 13.6. The molecule has 2 aromatic carbocycles. The lowest BCUT2D eigenvalue weighted by Crippen LogP contribution is -2.41. The van der Waals surface area contributed by atoms with Crippen molar-refractivity contribution >= 4 is 17.2 Å². The van der Waals surface area contributed by atoms with Crippen molar-refractivity contribution in [3.63, 3.8) is 0 Å². The number of ether oxygens (including phenoxy) is 2. The lowest BCUT2D eigenvalue weighted by atomic mass is 9.87. The topological polar surface area (TPSA) is 64.8 Å². The van der Waals surface area contributed by atoms with E-state index >= 15 is 0 Å². The van der Waals surface area contributed by atoms with Crippen molar-refractivity contribution in [2.24, 2.45) is 0 Å². The minimum atomic E-state index is -0.205. The molecule has 7 heteroatoms. The lowest BCUT2D eigenvalue weighted by molar-refractivity contribution is -0.132. The molecule has 1 unspecified atom stereocenters. The van der Waals surface area contributed by atoms with E-state index in [9.17, 15) is 4.79 Å². The molecule has 4 aromatic rings. The third kappa shape index (κ3) is 4.19. The Bertz CT molecular complexity index is 1310. The van der Waals surface area contributed by atoms with Crippen molar-refractivity contribution in [3.8, 4) is 22.3 Å². The number of hydrogen-bond acceptors (Lipinski definition) is 6. The van der Waals surface area contributed by atoms with Gasteiger partial charge in [-0.2, -0.15) is 0 Å². The molecule has 1 aliphatic heterocycles. The number of carbonyl (C=O) groups excluding carboxylic acids is 1. The highest BCUT2D eigenvalue weighted by Gasteiger charge is 2.33. The van der Waals surface area contributed by atoms with E-state index in [0.29, 0.717) is 18.0 Å². The average Bonchev–Trinajstić information content (AvgIpc) is 3.51. The van der Waals surface area contributed by atoms with Crippen LogP contribution >= 0.6 is 11.3 Å². The van der Waals surface area contributed by atoms with Gasteiger partial charge in [0.2, 0.25) is 5.91 Å². The molecule has 0 bridgehead atoms. The van der Waals surface area contributed by atoms with Crippen LogP contribution < -0.4 is 9.47 Å². The van der Waals surface area contributed by atoms with Crippen LogP contribution in [0.2, 0.25) is 0 Å². The van der Waals surface area contributed by atoms with Gasteiger partial charge in [-0.15, -0.1) is 11.3 Å². The minimum Gasteiger partial charge on any atom is -0.493 e. The number of benzene rings is 2. The van der Waals surface area contributed by atoms with E-state index in [-0.39, 0.29) is 18.4 Å². The van der Waals surface area contributed by atoms with Gasteiger partial charge in [0.25, 0.3) is 0 Å².